The third-order valence-corrected chi connectivity index (χ3v) is 9.20. The predicted molar refractivity (Wildman–Crippen MR) is 214 cm³/mol. The Morgan fingerprint density at radius 2 is 1.63 bits per heavy atom. The first-order valence-corrected chi connectivity index (χ1v) is 18.0. The summed E-state index contributed by atoms with van der Waals surface area (Å²) in [7, 11) is 0. The summed E-state index contributed by atoms with van der Waals surface area (Å²) in [4.78, 5) is 21.1. The molecule has 0 aliphatic carbocycles. The Balaban J connectivity index is 0.000000356. The Kier molecular flexibility index (Phi) is 10.2. The van der Waals surface area contributed by atoms with Crippen LogP contribution in [0.5, 0.6) is 0 Å². The van der Waals surface area contributed by atoms with Crippen LogP contribution in [-0.2, 0) is 36.7 Å². The molecule has 0 amide bonds. The van der Waals surface area contributed by atoms with Gasteiger partial charge < -0.3 is 9.52 Å². The predicted octanol–water partition coefficient (Wildman–Crippen LogP) is 12.8. The van der Waals surface area contributed by atoms with E-state index < -0.39 is 42.6 Å². The van der Waals surface area contributed by atoms with Gasteiger partial charge in [-0.2, -0.15) is 4.98 Å². The van der Waals surface area contributed by atoms with Crippen LogP contribution in [0.25, 0.3) is 54.9 Å². The molecule has 0 saturated heterocycles. The van der Waals surface area contributed by atoms with Gasteiger partial charge in [0.25, 0.3) is 0 Å². The molecule has 1 N–H and O–H groups in total. The fraction of sp³-hybridized carbons (Fsp3) is 0.413. The SMILES string of the molecule is [2H]/C(C(=O)C([2H])(CC)CC)=C(/O)C([2H])(CC)CC.[2H]C([2H])([2H])c1nc(-c2[c-]c3ccccc3c(C(C)(C)C)c2)c2c(n1)oc1c3ccc(C([2H])([2H])C(C)C)cc3ccc12.[Ir]. The number of hydrogen-bond donors (Lipinski definition) is 1. The van der Waals surface area contributed by atoms with Crippen molar-refractivity contribution < 1.29 is 45.4 Å². The number of aromatic nitrogens is 2. The first-order chi connectivity index (χ1) is 27.4. The smallest absolute Gasteiger partial charge is 0.223 e. The maximum Gasteiger partial charge on any atom is 0.223 e. The molecule has 5 nitrogen and oxygen atoms in total. The second-order valence-electron chi connectivity index (χ2n) is 14.2. The molecule has 6 aromatic rings. The molecule has 0 aliphatic heterocycles. The number of carbonyl (C=O) groups excluding carboxylic acids is 1. The number of benzene rings is 4. The van der Waals surface area contributed by atoms with E-state index in [1.54, 1.807) is 33.8 Å². The van der Waals surface area contributed by atoms with E-state index in [1.807, 2.05) is 62.4 Å². The average Bonchev–Trinajstić information content (AvgIpc) is 3.60. The van der Waals surface area contributed by atoms with Crippen LogP contribution in [0.2, 0.25) is 0 Å². The summed E-state index contributed by atoms with van der Waals surface area (Å²) in [5, 5.41) is 15.0. The van der Waals surface area contributed by atoms with E-state index in [0.29, 0.717) is 53.5 Å². The third-order valence-electron chi connectivity index (χ3n) is 9.20. The van der Waals surface area contributed by atoms with Crippen molar-refractivity contribution in [1.29, 1.82) is 0 Å². The third kappa shape index (κ3) is 8.84. The normalized spacial score (nSPS) is 15.7. The molecule has 6 rings (SSSR count). The number of furan rings is 1. The van der Waals surface area contributed by atoms with Crippen molar-refractivity contribution in [3.05, 3.63) is 95.5 Å². The Bertz CT molecular complexity index is 2570. The minimum atomic E-state index is -2.54. The number of rotatable bonds is 10. The van der Waals surface area contributed by atoms with E-state index in [-0.39, 0.29) is 43.0 Å². The van der Waals surface area contributed by atoms with Crippen LogP contribution in [0.3, 0.4) is 0 Å². The van der Waals surface area contributed by atoms with Crippen LogP contribution in [0, 0.1) is 30.6 Å². The minimum absolute atomic E-state index is 0. The quantitative estimate of drug-likeness (QED) is 0.0842. The van der Waals surface area contributed by atoms with Crippen molar-refractivity contribution in [2.75, 3.05) is 0 Å². The topological polar surface area (TPSA) is 76.2 Å². The largest absolute Gasteiger partial charge is 0.512 e. The van der Waals surface area contributed by atoms with Gasteiger partial charge in [-0.1, -0.05) is 122 Å². The molecule has 0 fully saturated rings. The van der Waals surface area contributed by atoms with Gasteiger partial charge in [0.15, 0.2) is 5.78 Å². The van der Waals surface area contributed by atoms with E-state index in [4.69, 9.17) is 15.4 Å². The van der Waals surface area contributed by atoms with Crippen molar-refractivity contribution in [3.63, 3.8) is 0 Å². The van der Waals surface area contributed by atoms with E-state index in [0.717, 1.165) is 32.5 Å². The molecule has 0 saturated carbocycles. The summed E-state index contributed by atoms with van der Waals surface area (Å²) in [6.07, 6.45) is -0.244. The summed E-state index contributed by atoms with van der Waals surface area (Å²) in [6.45, 7) is 14.5. The summed E-state index contributed by atoms with van der Waals surface area (Å²) in [5.41, 5.74) is 3.41. The van der Waals surface area contributed by atoms with Gasteiger partial charge in [0, 0.05) is 69.4 Å². The fourth-order valence-corrected chi connectivity index (χ4v) is 6.50. The molecule has 2 aromatic heterocycles. The molecular formula is C46H55IrN2O3-. The van der Waals surface area contributed by atoms with Crippen LogP contribution < -0.4 is 0 Å². The zero-order valence-corrected chi connectivity index (χ0v) is 34.1. The number of aliphatic hydroxyl groups is 1. The first kappa shape index (κ1) is 30.6. The fourth-order valence-electron chi connectivity index (χ4n) is 6.50. The molecule has 277 valence electrons. The number of nitrogens with zero attached hydrogens (tertiary/aromatic N) is 2. The van der Waals surface area contributed by atoms with Gasteiger partial charge in [-0.25, -0.2) is 0 Å². The number of allylic oxidation sites excluding steroid dienone is 2. The van der Waals surface area contributed by atoms with E-state index in [9.17, 15) is 9.90 Å². The minimum Gasteiger partial charge on any atom is -0.512 e. The number of aliphatic hydroxyl groups excluding tert-OH is 1. The van der Waals surface area contributed by atoms with Crippen molar-refractivity contribution in [3.8, 4) is 11.3 Å². The first-order valence-electron chi connectivity index (χ1n) is 22.0. The molecule has 52 heavy (non-hydrogen) atoms. The number of fused-ring (bicyclic) bond motifs is 6. The molecule has 6 heteroatoms. The second-order valence-corrected chi connectivity index (χ2v) is 14.2. The molecule has 4 aromatic carbocycles. The Morgan fingerprint density at radius 1 is 0.962 bits per heavy atom. The second kappa shape index (κ2) is 17.3. The summed E-state index contributed by atoms with van der Waals surface area (Å²) >= 11 is 0. The zero-order chi connectivity index (χ0) is 44.0. The number of hydrogen-bond acceptors (Lipinski definition) is 5. The maximum atomic E-state index is 12.1. The van der Waals surface area contributed by atoms with Gasteiger partial charge in [-0.05, 0) is 61.2 Å². The monoisotopic (exact) mass is 884 g/mol. The zero-order valence-electron chi connectivity index (χ0n) is 39.7. The average molecular weight is 884 g/mol. The molecule has 0 bridgehead atoms. The Hall–Kier alpha value is -3.86. The Morgan fingerprint density at radius 3 is 2.27 bits per heavy atom. The van der Waals surface area contributed by atoms with Crippen LogP contribution in [-0.4, -0.2) is 20.9 Å². The van der Waals surface area contributed by atoms with E-state index >= 15 is 0 Å². The van der Waals surface area contributed by atoms with Crippen LogP contribution in [0.4, 0.5) is 0 Å². The molecule has 1 radical (unpaired) electrons. The number of aryl methyl sites for hydroxylation is 1. The summed E-state index contributed by atoms with van der Waals surface area (Å²) in [5.74, 6) is -4.33. The van der Waals surface area contributed by atoms with Gasteiger partial charge in [0.05, 0.1) is 7.13 Å². The van der Waals surface area contributed by atoms with Gasteiger partial charge in [-0.15, -0.1) is 29.1 Å². The van der Waals surface area contributed by atoms with Crippen molar-refractivity contribution in [2.24, 2.45) is 17.7 Å². The van der Waals surface area contributed by atoms with E-state index in [1.165, 1.54) is 0 Å². The van der Waals surface area contributed by atoms with Crippen molar-refractivity contribution >= 4 is 49.4 Å². The van der Waals surface area contributed by atoms with Gasteiger partial charge >= 0.3 is 0 Å². The van der Waals surface area contributed by atoms with Crippen molar-refractivity contribution in [2.45, 2.75) is 107 Å². The molecule has 0 atom stereocenters. The van der Waals surface area contributed by atoms with Crippen molar-refractivity contribution in [1.82, 2.24) is 9.97 Å². The molecule has 2 heterocycles. The molecule has 0 aliphatic rings. The van der Waals surface area contributed by atoms with Crippen LogP contribution >= 0.6 is 0 Å². The summed E-state index contributed by atoms with van der Waals surface area (Å²) in [6, 6.07) is 22.4. The van der Waals surface area contributed by atoms with Gasteiger partial charge in [-0.3, -0.25) is 9.78 Å². The van der Waals surface area contributed by atoms with Gasteiger partial charge in [0.2, 0.25) is 5.71 Å². The van der Waals surface area contributed by atoms with Crippen LogP contribution in [0.1, 0.15) is 116 Å². The maximum absolute atomic E-state index is 12.1. The van der Waals surface area contributed by atoms with Gasteiger partial charge in [0.1, 0.15) is 11.4 Å². The standard InChI is InChI=1S/C33H31N2O.C13H24O2.Ir/c1-19(2)15-21-11-13-26-23(16-21)12-14-27-29-30(34-20(3)35-32(29)36-31(26)27)24-17-22-9-7-8-10-25(22)28(18-24)33(4,5)6;1-5-10(6-2)12(14)9-13(15)11(7-3)8-4;/h7-14,16,18-19H,15H2,1-6H3;9-11,14H,5-8H2,1-4H3;/q-1;;/b;12-9-;/i3D3,15D2;9D,10D,11D;. The summed E-state index contributed by atoms with van der Waals surface area (Å²) < 4.78 is 71.4. The molecule has 0 spiro atoms. The number of ketones is 1. The Labute approximate surface area is 334 Å². The number of carbonyl (C=O) groups is 1. The molecular weight excluding hydrogens is 821 g/mol. The molecule has 0 unspecified atom stereocenters. The van der Waals surface area contributed by atoms with Crippen LogP contribution in [0.15, 0.2) is 76.9 Å². The van der Waals surface area contributed by atoms with E-state index in [2.05, 4.69) is 42.9 Å².